The molecule has 2 atom stereocenters. The second-order valence-corrected chi connectivity index (χ2v) is 6.48. The van der Waals surface area contributed by atoms with Crippen molar-refractivity contribution in [1.29, 1.82) is 0 Å². The zero-order chi connectivity index (χ0) is 14.0. The molecule has 0 aromatic heterocycles. The second-order valence-electron chi connectivity index (χ2n) is 6.48. The maximum absolute atomic E-state index is 10.6. The van der Waals surface area contributed by atoms with Crippen molar-refractivity contribution in [3.05, 3.63) is 35.4 Å². The molecule has 19 heavy (non-hydrogen) atoms. The number of hydrogen-bond acceptors (Lipinski definition) is 2. The number of hydrogen-bond donors (Lipinski definition) is 2. The third-order valence-corrected chi connectivity index (χ3v) is 4.01. The van der Waals surface area contributed by atoms with E-state index in [0.29, 0.717) is 17.9 Å². The zero-order valence-electron chi connectivity index (χ0n) is 12.6. The molecule has 2 N–H and O–H groups in total. The van der Waals surface area contributed by atoms with Gasteiger partial charge in [0.2, 0.25) is 0 Å². The molecule has 1 fully saturated rings. The van der Waals surface area contributed by atoms with E-state index in [9.17, 15) is 5.11 Å². The van der Waals surface area contributed by atoms with Gasteiger partial charge in [-0.2, -0.15) is 0 Å². The van der Waals surface area contributed by atoms with Gasteiger partial charge in [0.25, 0.3) is 0 Å². The first kappa shape index (κ1) is 14.5. The molecule has 1 saturated carbocycles. The molecule has 1 aromatic rings. The van der Waals surface area contributed by atoms with E-state index in [1.54, 1.807) is 0 Å². The summed E-state index contributed by atoms with van der Waals surface area (Å²) >= 11 is 0. The Balaban J connectivity index is 2.08. The molecular formula is C17H27NO. The van der Waals surface area contributed by atoms with Crippen molar-refractivity contribution in [3.63, 3.8) is 0 Å². The van der Waals surface area contributed by atoms with E-state index in [1.807, 2.05) is 0 Å². The molecular weight excluding hydrogens is 234 g/mol. The molecule has 2 heteroatoms. The van der Waals surface area contributed by atoms with Crippen molar-refractivity contribution in [2.45, 2.75) is 64.6 Å². The van der Waals surface area contributed by atoms with Crippen LogP contribution in [0.5, 0.6) is 0 Å². The van der Waals surface area contributed by atoms with Gasteiger partial charge in [-0.05, 0) is 35.8 Å². The summed E-state index contributed by atoms with van der Waals surface area (Å²) in [6.07, 6.45) is 2.09. The molecule has 0 heterocycles. The molecule has 0 aliphatic heterocycles. The molecule has 0 radical (unpaired) electrons. The lowest BCUT2D eigenvalue weighted by atomic mass is 9.92. The van der Waals surface area contributed by atoms with Crippen LogP contribution in [0.4, 0.5) is 0 Å². The highest BCUT2D eigenvalue weighted by Crippen LogP contribution is 2.28. The van der Waals surface area contributed by atoms with Gasteiger partial charge in [-0.15, -0.1) is 0 Å². The highest BCUT2D eigenvalue weighted by molar-refractivity contribution is 5.27. The van der Waals surface area contributed by atoms with Gasteiger partial charge in [0.05, 0.1) is 6.10 Å². The standard InChI is InChI=1S/C17H27NO/c1-11(2)13-5-7-14(8-6-13)17(19)16(12(3)4)18-15-9-10-15/h5-8,11-12,15-19H,9-10H2,1-4H3. The summed E-state index contributed by atoms with van der Waals surface area (Å²) in [5.74, 6) is 0.969. The predicted octanol–water partition coefficient (Wildman–Crippen LogP) is 3.62. The third kappa shape index (κ3) is 3.80. The van der Waals surface area contributed by atoms with E-state index in [4.69, 9.17) is 0 Å². The first-order valence-corrected chi connectivity index (χ1v) is 7.53. The van der Waals surface area contributed by atoms with Crippen LogP contribution in [0, 0.1) is 5.92 Å². The van der Waals surface area contributed by atoms with E-state index >= 15 is 0 Å². The normalized spacial score (nSPS) is 18.9. The Hall–Kier alpha value is -0.860. The van der Waals surface area contributed by atoms with Gasteiger partial charge in [0, 0.05) is 12.1 Å². The number of nitrogens with one attached hydrogen (secondary N) is 1. The van der Waals surface area contributed by atoms with Crippen molar-refractivity contribution < 1.29 is 5.11 Å². The molecule has 0 spiro atoms. The fourth-order valence-electron chi connectivity index (χ4n) is 2.46. The number of aliphatic hydroxyl groups excluding tert-OH is 1. The molecule has 2 nitrogen and oxygen atoms in total. The fourth-order valence-corrected chi connectivity index (χ4v) is 2.46. The van der Waals surface area contributed by atoms with Gasteiger partial charge in [0.1, 0.15) is 0 Å². The minimum Gasteiger partial charge on any atom is -0.387 e. The Labute approximate surface area is 117 Å². The zero-order valence-corrected chi connectivity index (χ0v) is 12.6. The lowest BCUT2D eigenvalue weighted by molar-refractivity contribution is 0.104. The topological polar surface area (TPSA) is 32.3 Å². The smallest absolute Gasteiger partial charge is 0.0945 e. The Kier molecular flexibility index (Phi) is 4.64. The maximum Gasteiger partial charge on any atom is 0.0945 e. The average molecular weight is 261 g/mol. The van der Waals surface area contributed by atoms with Crippen molar-refractivity contribution >= 4 is 0 Å². The molecule has 0 amide bonds. The SMILES string of the molecule is CC(C)c1ccc(C(O)C(NC2CC2)C(C)C)cc1. The molecule has 1 aromatic carbocycles. The van der Waals surface area contributed by atoms with Gasteiger partial charge >= 0.3 is 0 Å². The van der Waals surface area contributed by atoms with Gasteiger partial charge in [0.15, 0.2) is 0 Å². The molecule has 0 bridgehead atoms. The molecule has 2 rings (SSSR count). The predicted molar refractivity (Wildman–Crippen MR) is 80.3 cm³/mol. The summed E-state index contributed by atoms with van der Waals surface area (Å²) < 4.78 is 0. The van der Waals surface area contributed by atoms with Crippen LogP contribution >= 0.6 is 0 Å². The van der Waals surface area contributed by atoms with E-state index in [-0.39, 0.29) is 6.04 Å². The van der Waals surface area contributed by atoms with E-state index in [0.717, 1.165) is 5.56 Å². The van der Waals surface area contributed by atoms with Crippen LogP contribution in [0.3, 0.4) is 0 Å². The molecule has 1 aliphatic carbocycles. The molecule has 106 valence electrons. The van der Waals surface area contributed by atoms with Gasteiger partial charge in [-0.1, -0.05) is 52.0 Å². The lowest BCUT2D eigenvalue weighted by Crippen LogP contribution is -2.40. The summed E-state index contributed by atoms with van der Waals surface area (Å²) in [5, 5.41) is 14.2. The highest BCUT2D eigenvalue weighted by Gasteiger charge is 2.30. The largest absolute Gasteiger partial charge is 0.387 e. The van der Waals surface area contributed by atoms with E-state index in [2.05, 4.69) is 57.3 Å². The van der Waals surface area contributed by atoms with Crippen LogP contribution in [-0.4, -0.2) is 17.2 Å². The van der Waals surface area contributed by atoms with Crippen LogP contribution in [0.1, 0.15) is 63.7 Å². The Morgan fingerprint density at radius 1 is 1.00 bits per heavy atom. The van der Waals surface area contributed by atoms with Crippen LogP contribution in [0.2, 0.25) is 0 Å². The van der Waals surface area contributed by atoms with Gasteiger partial charge in [-0.25, -0.2) is 0 Å². The number of aliphatic hydroxyl groups is 1. The van der Waals surface area contributed by atoms with Crippen LogP contribution < -0.4 is 5.32 Å². The second kappa shape index (κ2) is 6.06. The maximum atomic E-state index is 10.6. The quantitative estimate of drug-likeness (QED) is 0.819. The Morgan fingerprint density at radius 3 is 1.95 bits per heavy atom. The van der Waals surface area contributed by atoms with Gasteiger partial charge in [-0.3, -0.25) is 0 Å². The van der Waals surface area contributed by atoms with Crippen molar-refractivity contribution in [2.24, 2.45) is 5.92 Å². The van der Waals surface area contributed by atoms with Crippen molar-refractivity contribution in [2.75, 3.05) is 0 Å². The van der Waals surface area contributed by atoms with Crippen molar-refractivity contribution in [3.8, 4) is 0 Å². The van der Waals surface area contributed by atoms with Gasteiger partial charge < -0.3 is 10.4 Å². The summed E-state index contributed by atoms with van der Waals surface area (Å²) in [6, 6.07) is 9.19. The summed E-state index contributed by atoms with van der Waals surface area (Å²) in [4.78, 5) is 0. The number of benzene rings is 1. The van der Waals surface area contributed by atoms with E-state index in [1.165, 1.54) is 18.4 Å². The van der Waals surface area contributed by atoms with E-state index < -0.39 is 6.10 Å². The van der Waals surface area contributed by atoms with Crippen LogP contribution in [0.15, 0.2) is 24.3 Å². The lowest BCUT2D eigenvalue weighted by Gasteiger charge is -2.28. The first-order chi connectivity index (χ1) is 8.99. The monoisotopic (exact) mass is 261 g/mol. The minimum atomic E-state index is -0.415. The minimum absolute atomic E-state index is 0.150. The Morgan fingerprint density at radius 2 is 1.53 bits per heavy atom. The highest BCUT2D eigenvalue weighted by atomic mass is 16.3. The third-order valence-electron chi connectivity index (χ3n) is 4.01. The van der Waals surface area contributed by atoms with Crippen molar-refractivity contribution in [1.82, 2.24) is 5.32 Å². The summed E-state index contributed by atoms with van der Waals surface area (Å²) in [6.45, 7) is 8.73. The first-order valence-electron chi connectivity index (χ1n) is 7.53. The average Bonchev–Trinajstić information content (AvgIpc) is 3.19. The van der Waals surface area contributed by atoms with Crippen LogP contribution in [0.25, 0.3) is 0 Å². The summed E-state index contributed by atoms with van der Waals surface area (Å²) in [5.41, 5.74) is 2.35. The molecule has 2 unspecified atom stereocenters. The molecule has 0 saturated heterocycles. The van der Waals surface area contributed by atoms with Crippen LogP contribution in [-0.2, 0) is 0 Å². The summed E-state index contributed by atoms with van der Waals surface area (Å²) in [7, 11) is 0. The molecule has 1 aliphatic rings. The fraction of sp³-hybridized carbons (Fsp3) is 0.647. The number of rotatable bonds is 6. The Bertz CT molecular complexity index is 392.